The lowest BCUT2D eigenvalue weighted by atomic mass is 9.96. The summed E-state index contributed by atoms with van der Waals surface area (Å²) < 4.78 is 28.7. The van der Waals surface area contributed by atoms with E-state index < -0.39 is 71.9 Å². The van der Waals surface area contributed by atoms with Gasteiger partial charge in [0.2, 0.25) is 12.3 Å². The summed E-state index contributed by atoms with van der Waals surface area (Å²) in [7, 11) is 1.05. The van der Waals surface area contributed by atoms with E-state index in [4.69, 9.17) is 23.7 Å². The number of halogens is 1. The third-order valence-electron chi connectivity index (χ3n) is 4.93. The van der Waals surface area contributed by atoms with Crippen LogP contribution in [0.2, 0.25) is 0 Å². The molecule has 15 nitrogen and oxygen atoms in total. The van der Waals surface area contributed by atoms with Crippen LogP contribution in [0, 0.1) is 17.0 Å². The Balaban J connectivity index is 0.00000612. The minimum absolute atomic E-state index is 0. The van der Waals surface area contributed by atoms with Gasteiger partial charge in [0.05, 0.1) is 13.7 Å². The minimum Gasteiger partial charge on any atom is -1.00 e. The molecule has 1 fully saturated rings. The molecule has 1 aromatic heterocycles. The van der Waals surface area contributed by atoms with Crippen LogP contribution in [-0.2, 0) is 49.4 Å². The van der Waals surface area contributed by atoms with Crippen molar-refractivity contribution in [3.8, 4) is 0 Å². The van der Waals surface area contributed by atoms with Gasteiger partial charge >= 0.3 is 29.7 Å². The Bertz CT molecular complexity index is 981. The summed E-state index contributed by atoms with van der Waals surface area (Å²) in [5.41, 5.74) is 0. The van der Waals surface area contributed by atoms with E-state index in [2.05, 4.69) is 0 Å². The fourth-order valence-electron chi connectivity index (χ4n) is 3.69. The lowest BCUT2D eigenvalue weighted by molar-refractivity contribution is -0.781. The quantitative estimate of drug-likeness (QED) is 0.105. The van der Waals surface area contributed by atoms with Gasteiger partial charge in [-0.15, -0.1) is 0 Å². The zero-order chi connectivity index (χ0) is 25.7. The van der Waals surface area contributed by atoms with Crippen molar-refractivity contribution < 1.29 is 74.4 Å². The SMILES string of the molecule is COC(=O)[C@@H]1O[C@H]([n+]2cc([N+](=O)[O-])n(CCO)c2C)C(OC(C)=O)C(OC(C)=O)[C@H]1OC(C)=O.[Br-]. The van der Waals surface area contributed by atoms with Crippen LogP contribution >= 0.6 is 0 Å². The molecule has 1 aromatic rings. The van der Waals surface area contributed by atoms with Gasteiger partial charge in [0, 0.05) is 27.7 Å². The molecule has 0 spiro atoms. The topological polar surface area (TPSA) is 187 Å². The van der Waals surface area contributed by atoms with Gasteiger partial charge in [-0.2, -0.15) is 9.13 Å². The zero-order valence-electron chi connectivity index (χ0n) is 19.5. The molecular weight excluding hydrogens is 542 g/mol. The molecule has 2 unspecified atom stereocenters. The van der Waals surface area contributed by atoms with E-state index in [1.165, 1.54) is 16.1 Å². The summed E-state index contributed by atoms with van der Waals surface area (Å²) in [5.74, 6) is -3.80. The molecule has 2 heterocycles. The molecule has 0 bridgehead atoms. The lowest BCUT2D eigenvalue weighted by Crippen LogP contribution is -3.00. The van der Waals surface area contributed by atoms with Crippen molar-refractivity contribution in [2.24, 2.45) is 0 Å². The molecule has 1 aliphatic rings. The van der Waals surface area contributed by atoms with Crippen LogP contribution in [0.4, 0.5) is 5.82 Å². The predicted octanol–water partition coefficient (Wildman–Crippen LogP) is -4.15. The van der Waals surface area contributed by atoms with Crippen molar-refractivity contribution in [3.05, 3.63) is 22.1 Å². The minimum atomic E-state index is -1.65. The average Bonchev–Trinajstić information content (AvgIpc) is 3.06. The average molecular weight is 568 g/mol. The number of nitrogens with zero attached hydrogens (tertiary/aromatic N) is 3. The number of ether oxygens (including phenoxy) is 5. The van der Waals surface area contributed by atoms with Gasteiger partial charge in [-0.3, -0.25) is 14.4 Å². The van der Waals surface area contributed by atoms with E-state index in [1.54, 1.807) is 0 Å². The fourth-order valence-corrected chi connectivity index (χ4v) is 3.69. The molecule has 196 valence electrons. The molecule has 0 amide bonds. The summed E-state index contributed by atoms with van der Waals surface area (Å²) in [6.07, 6.45) is -6.66. The van der Waals surface area contributed by atoms with E-state index in [-0.39, 0.29) is 29.4 Å². The number of nitro groups is 1. The lowest BCUT2D eigenvalue weighted by Gasteiger charge is -2.42. The van der Waals surface area contributed by atoms with Gasteiger partial charge in [-0.05, 0) is 4.92 Å². The van der Waals surface area contributed by atoms with Crippen molar-refractivity contribution in [1.82, 2.24) is 4.57 Å². The van der Waals surface area contributed by atoms with Gasteiger partial charge in [0.25, 0.3) is 5.82 Å². The maximum Gasteiger partial charge on any atom is 0.365 e. The number of hydrogen-bond acceptors (Lipinski definition) is 12. The largest absolute Gasteiger partial charge is 1.00 e. The number of carbonyl (C=O) groups excluding carboxylic acids is 4. The molecule has 35 heavy (non-hydrogen) atoms. The van der Waals surface area contributed by atoms with Crippen molar-refractivity contribution in [2.45, 2.75) is 64.9 Å². The molecule has 16 heteroatoms. The number of aliphatic hydroxyl groups excluding tert-OH is 1. The maximum atomic E-state index is 12.5. The predicted molar refractivity (Wildman–Crippen MR) is 106 cm³/mol. The molecule has 5 atom stereocenters. The van der Waals surface area contributed by atoms with E-state index >= 15 is 0 Å². The van der Waals surface area contributed by atoms with Gasteiger partial charge in [0.1, 0.15) is 6.54 Å². The first-order valence-electron chi connectivity index (χ1n) is 10.0. The number of rotatable bonds is 8. The van der Waals surface area contributed by atoms with Crippen LogP contribution < -0.4 is 21.5 Å². The summed E-state index contributed by atoms with van der Waals surface area (Å²) in [6.45, 7) is 4.04. The Morgan fingerprint density at radius 1 is 1.09 bits per heavy atom. The standard InChI is InChI=1S/C19H26N3O12.BrH/c1-9-20(6-7-23)13(22(28)29)8-21(9)18-16(33-12(4)26)14(31-10(2)24)15(32-11(3)25)17(34-18)19(27)30-5;/h8,14-18,23H,6-7H2,1-5H3;1H/q+1;/p-1/t14?,15-,16?,17-,18+;/m1./s1. The number of hydrogen-bond donors (Lipinski definition) is 1. The number of esters is 4. The van der Waals surface area contributed by atoms with E-state index in [0.29, 0.717) is 0 Å². The van der Waals surface area contributed by atoms with Crippen LogP contribution in [0.1, 0.15) is 32.8 Å². The normalized spacial score (nSPS) is 23.4. The second-order valence-corrected chi connectivity index (χ2v) is 7.27. The third kappa shape index (κ3) is 6.73. The molecule has 0 radical (unpaired) electrons. The summed E-state index contributed by atoms with van der Waals surface area (Å²) in [6, 6.07) is 0. The van der Waals surface area contributed by atoms with E-state index in [0.717, 1.165) is 34.1 Å². The van der Waals surface area contributed by atoms with Gasteiger partial charge in [-0.1, -0.05) is 0 Å². The van der Waals surface area contributed by atoms with Crippen molar-refractivity contribution >= 4 is 29.7 Å². The highest BCUT2D eigenvalue weighted by atomic mass is 79.9. The van der Waals surface area contributed by atoms with Gasteiger partial charge in [0.15, 0.2) is 24.5 Å². The molecule has 0 aliphatic carbocycles. The van der Waals surface area contributed by atoms with Gasteiger partial charge in [-0.25, -0.2) is 4.79 Å². The Hall–Kier alpha value is -3.11. The number of methoxy groups -OCH3 is 1. The van der Waals surface area contributed by atoms with Crippen LogP contribution in [0.25, 0.3) is 0 Å². The first kappa shape index (κ1) is 29.9. The summed E-state index contributed by atoms with van der Waals surface area (Å²) in [5, 5.41) is 20.9. The zero-order valence-corrected chi connectivity index (χ0v) is 21.1. The Morgan fingerprint density at radius 2 is 1.60 bits per heavy atom. The highest BCUT2D eigenvalue weighted by Gasteiger charge is 2.57. The Kier molecular flexibility index (Phi) is 10.7. The molecule has 2 rings (SSSR count). The highest BCUT2D eigenvalue weighted by molar-refractivity contribution is 5.77. The van der Waals surface area contributed by atoms with E-state index in [1.807, 2.05) is 0 Å². The monoisotopic (exact) mass is 567 g/mol. The number of carbonyl (C=O) groups is 4. The fraction of sp³-hybridized carbons (Fsp3) is 0.632. The second kappa shape index (κ2) is 12.6. The van der Waals surface area contributed by atoms with Crippen LogP contribution in [0.15, 0.2) is 6.20 Å². The number of aromatic nitrogens is 2. The maximum absolute atomic E-state index is 12.5. The van der Waals surface area contributed by atoms with Crippen molar-refractivity contribution in [2.75, 3.05) is 13.7 Å². The molecule has 1 aliphatic heterocycles. The molecule has 0 aromatic carbocycles. The van der Waals surface area contributed by atoms with Crippen LogP contribution in [0.3, 0.4) is 0 Å². The van der Waals surface area contributed by atoms with Crippen LogP contribution in [0.5, 0.6) is 0 Å². The third-order valence-corrected chi connectivity index (χ3v) is 4.93. The smallest absolute Gasteiger partial charge is 0.365 e. The van der Waals surface area contributed by atoms with Crippen LogP contribution in [-0.4, -0.2) is 76.6 Å². The number of aliphatic hydroxyl groups is 1. The first-order valence-corrected chi connectivity index (χ1v) is 10.0. The van der Waals surface area contributed by atoms with Gasteiger partial charge < -0.3 is 55.9 Å². The highest BCUT2D eigenvalue weighted by Crippen LogP contribution is 2.33. The Morgan fingerprint density at radius 3 is 2.06 bits per heavy atom. The Labute approximate surface area is 209 Å². The summed E-state index contributed by atoms with van der Waals surface area (Å²) >= 11 is 0. The molecule has 1 saturated heterocycles. The molecular formula is C19H26BrN3O12. The summed E-state index contributed by atoms with van der Waals surface area (Å²) in [4.78, 5) is 58.9. The van der Waals surface area contributed by atoms with Crippen molar-refractivity contribution in [3.63, 3.8) is 0 Å². The molecule has 1 N–H and O–H groups in total. The van der Waals surface area contributed by atoms with Crippen molar-refractivity contribution in [1.29, 1.82) is 0 Å². The van der Waals surface area contributed by atoms with E-state index in [9.17, 15) is 34.4 Å². The first-order chi connectivity index (χ1) is 15.9. The number of imidazole rings is 1. The molecule has 0 saturated carbocycles. The second-order valence-electron chi connectivity index (χ2n) is 7.27.